The Bertz CT molecular complexity index is 257. The summed E-state index contributed by atoms with van der Waals surface area (Å²) in [6.07, 6.45) is 1.84. The Morgan fingerprint density at radius 2 is 2.44 bits per heavy atom. The van der Waals surface area contributed by atoms with E-state index in [2.05, 4.69) is 10.1 Å². The molecule has 4 nitrogen and oxygen atoms in total. The lowest BCUT2D eigenvalue weighted by atomic mass is 10.6. The number of imidazole rings is 1. The molecule has 0 fully saturated rings. The van der Waals surface area contributed by atoms with E-state index in [4.69, 9.17) is 5.21 Å². The van der Waals surface area contributed by atoms with Crippen molar-refractivity contribution in [1.82, 2.24) is 9.55 Å². The van der Waals surface area contributed by atoms with E-state index in [-0.39, 0.29) is 0 Å². The molecule has 0 unspecified atom stereocenters. The Morgan fingerprint density at radius 1 is 1.78 bits per heavy atom. The zero-order valence-corrected chi connectivity index (χ0v) is 5.42. The zero-order valence-electron chi connectivity index (χ0n) is 5.42. The second-order valence-electron chi connectivity index (χ2n) is 1.97. The van der Waals surface area contributed by atoms with Crippen LogP contribution in [0, 0.1) is 6.92 Å². The van der Waals surface area contributed by atoms with Crippen molar-refractivity contribution in [3.05, 3.63) is 17.5 Å². The van der Waals surface area contributed by atoms with Crippen LogP contribution in [0.25, 0.3) is 0 Å². The van der Waals surface area contributed by atoms with Gasteiger partial charge in [0.05, 0.1) is 0 Å². The molecule has 0 atom stereocenters. The summed E-state index contributed by atoms with van der Waals surface area (Å²) in [6.45, 7) is 1.90. The first-order valence-electron chi connectivity index (χ1n) is 2.64. The molecular weight excluding hydrogens is 118 g/mol. The van der Waals surface area contributed by atoms with Crippen LogP contribution in [-0.4, -0.2) is 14.8 Å². The highest BCUT2D eigenvalue weighted by atomic mass is 16.4. The molecule has 1 aromatic rings. The average molecular weight is 127 g/mol. The molecule has 4 heteroatoms. The van der Waals surface area contributed by atoms with Crippen molar-refractivity contribution in [2.45, 2.75) is 6.92 Å². The Morgan fingerprint density at radius 3 is 2.67 bits per heavy atom. The number of aromatic nitrogens is 2. The van der Waals surface area contributed by atoms with Gasteiger partial charge in [-0.25, -0.2) is 0 Å². The molecule has 1 aromatic heterocycles. The number of H-pyrrole nitrogens is 1. The van der Waals surface area contributed by atoms with Gasteiger partial charge >= 0.3 is 0 Å². The van der Waals surface area contributed by atoms with Gasteiger partial charge < -0.3 is 14.8 Å². The van der Waals surface area contributed by atoms with Crippen LogP contribution in [0.2, 0.25) is 0 Å². The second-order valence-corrected chi connectivity index (χ2v) is 1.97. The van der Waals surface area contributed by atoms with Gasteiger partial charge in [0.25, 0.3) is 0 Å². The standard InChI is InChI=1S/C5H9N3O/c1-4-3-8(2)5(6-4)7-9/h3,9H,1-2H3,(H,6,7). The van der Waals surface area contributed by atoms with Crippen molar-refractivity contribution < 1.29 is 5.21 Å². The maximum Gasteiger partial charge on any atom is 0.243 e. The first kappa shape index (κ1) is 5.94. The van der Waals surface area contributed by atoms with Crippen LogP contribution in [0.5, 0.6) is 0 Å². The van der Waals surface area contributed by atoms with Crippen LogP contribution < -0.4 is 5.62 Å². The molecule has 0 bridgehead atoms. The van der Waals surface area contributed by atoms with E-state index in [0.717, 1.165) is 5.69 Å². The minimum atomic E-state index is 0.465. The summed E-state index contributed by atoms with van der Waals surface area (Å²) >= 11 is 0. The van der Waals surface area contributed by atoms with Crippen LogP contribution in [0.1, 0.15) is 5.69 Å². The Labute approximate surface area is 52.4 Å². The second kappa shape index (κ2) is 1.97. The summed E-state index contributed by atoms with van der Waals surface area (Å²) in [5.74, 6) is 0. The predicted octanol–water partition coefficient (Wildman–Crippen LogP) is -0.0485. The van der Waals surface area contributed by atoms with Gasteiger partial charge in [0.1, 0.15) is 0 Å². The highest BCUT2D eigenvalue weighted by Crippen LogP contribution is 1.82. The van der Waals surface area contributed by atoms with Crippen molar-refractivity contribution >= 4 is 0 Å². The highest BCUT2D eigenvalue weighted by Gasteiger charge is 1.89. The van der Waals surface area contributed by atoms with Crippen molar-refractivity contribution in [2.75, 3.05) is 0 Å². The van der Waals surface area contributed by atoms with E-state index >= 15 is 0 Å². The van der Waals surface area contributed by atoms with Crippen LogP contribution in [0.4, 0.5) is 0 Å². The van der Waals surface area contributed by atoms with Gasteiger partial charge in [-0.1, -0.05) is 5.16 Å². The molecule has 9 heavy (non-hydrogen) atoms. The lowest BCUT2D eigenvalue weighted by Gasteiger charge is -1.82. The summed E-state index contributed by atoms with van der Waals surface area (Å²) in [7, 11) is 1.80. The van der Waals surface area contributed by atoms with Crippen molar-refractivity contribution in [1.29, 1.82) is 0 Å². The van der Waals surface area contributed by atoms with Crippen LogP contribution >= 0.6 is 0 Å². The summed E-state index contributed by atoms with van der Waals surface area (Å²) < 4.78 is 1.70. The van der Waals surface area contributed by atoms with Crippen LogP contribution in [0.15, 0.2) is 11.4 Å². The minimum Gasteiger partial charge on any atom is -0.408 e. The fraction of sp³-hybridized carbons (Fsp3) is 0.400. The molecule has 2 N–H and O–H groups in total. The number of aryl methyl sites for hydroxylation is 2. The van der Waals surface area contributed by atoms with Gasteiger partial charge in [-0.05, 0) is 6.92 Å². The predicted molar refractivity (Wildman–Crippen MR) is 31.9 cm³/mol. The van der Waals surface area contributed by atoms with Gasteiger partial charge in [-0.15, -0.1) is 0 Å². The molecule has 0 spiro atoms. The number of nitrogens with one attached hydrogen (secondary N) is 1. The maximum atomic E-state index is 8.30. The van der Waals surface area contributed by atoms with Crippen molar-refractivity contribution in [3.8, 4) is 0 Å². The normalized spacial score (nSPS) is 12.4. The van der Waals surface area contributed by atoms with E-state index < -0.39 is 0 Å². The first-order chi connectivity index (χ1) is 4.24. The molecule has 0 aliphatic heterocycles. The third kappa shape index (κ3) is 0.960. The van der Waals surface area contributed by atoms with Gasteiger partial charge in [0.2, 0.25) is 5.62 Å². The monoisotopic (exact) mass is 127 g/mol. The highest BCUT2D eigenvalue weighted by molar-refractivity contribution is 4.90. The molecule has 0 aliphatic carbocycles. The third-order valence-electron chi connectivity index (χ3n) is 1.13. The number of hydrogen-bond donors (Lipinski definition) is 2. The number of aromatic amines is 1. The lowest BCUT2D eigenvalue weighted by Crippen LogP contribution is -2.14. The smallest absolute Gasteiger partial charge is 0.243 e. The molecule has 0 aromatic carbocycles. The molecular formula is C5H9N3O. The van der Waals surface area contributed by atoms with E-state index in [1.165, 1.54) is 0 Å². The molecule has 0 saturated heterocycles. The number of hydrogen-bond acceptors (Lipinski definition) is 2. The molecule has 0 aliphatic rings. The SMILES string of the molecule is Cc1cn(C)c(=NO)[nH]1. The fourth-order valence-electron chi connectivity index (χ4n) is 0.744. The molecule has 0 amide bonds. The largest absolute Gasteiger partial charge is 0.408 e. The minimum absolute atomic E-state index is 0.465. The molecule has 1 rings (SSSR count). The van der Waals surface area contributed by atoms with Crippen LogP contribution in [0.3, 0.4) is 0 Å². The molecule has 1 heterocycles. The van der Waals surface area contributed by atoms with E-state index in [1.54, 1.807) is 11.6 Å². The lowest BCUT2D eigenvalue weighted by molar-refractivity contribution is 0.291. The molecule has 0 saturated carbocycles. The topological polar surface area (TPSA) is 53.3 Å². The van der Waals surface area contributed by atoms with Crippen molar-refractivity contribution in [2.24, 2.45) is 12.2 Å². The van der Waals surface area contributed by atoms with Gasteiger partial charge in [-0.3, -0.25) is 0 Å². The quantitative estimate of drug-likeness (QED) is 0.372. The summed E-state index contributed by atoms with van der Waals surface area (Å²) in [5.41, 5.74) is 1.44. The zero-order chi connectivity index (χ0) is 6.85. The number of rotatable bonds is 0. The summed E-state index contributed by atoms with van der Waals surface area (Å²) in [4.78, 5) is 2.84. The molecule has 50 valence electrons. The Kier molecular flexibility index (Phi) is 1.30. The average Bonchev–Trinajstić information content (AvgIpc) is 2.10. The van der Waals surface area contributed by atoms with E-state index in [9.17, 15) is 0 Å². The number of nitrogens with zero attached hydrogens (tertiary/aromatic N) is 2. The summed E-state index contributed by atoms with van der Waals surface area (Å²) in [6, 6.07) is 0. The van der Waals surface area contributed by atoms with Gasteiger partial charge in [-0.2, -0.15) is 0 Å². The summed E-state index contributed by atoms with van der Waals surface area (Å²) in [5, 5.41) is 11.3. The molecule has 0 radical (unpaired) electrons. The van der Waals surface area contributed by atoms with Gasteiger partial charge in [0, 0.05) is 18.9 Å². The van der Waals surface area contributed by atoms with E-state index in [1.807, 2.05) is 13.1 Å². The maximum absolute atomic E-state index is 8.30. The van der Waals surface area contributed by atoms with E-state index in [0.29, 0.717) is 5.62 Å². The first-order valence-corrected chi connectivity index (χ1v) is 2.64. The Balaban J connectivity index is 3.33. The van der Waals surface area contributed by atoms with Gasteiger partial charge in [0.15, 0.2) is 0 Å². The Hall–Kier alpha value is -1.19. The fourth-order valence-corrected chi connectivity index (χ4v) is 0.744. The third-order valence-corrected chi connectivity index (χ3v) is 1.13. The van der Waals surface area contributed by atoms with Crippen LogP contribution in [-0.2, 0) is 7.05 Å². The van der Waals surface area contributed by atoms with Crippen molar-refractivity contribution in [3.63, 3.8) is 0 Å².